The van der Waals surface area contributed by atoms with Crippen molar-refractivity contribution in [3.63, 3.8) is 0 Å². The minimum absolute atomic E-state index is 0.0724. The quantitative estimate of drug-likeness (QED) is 0.680. The van der Waals surface area contributed by atoms with Crippen LogP contribution < -0.4 is 5.32 Å². The van der Waals surface area contributed by atoms with E-state index < -0.39 is 4.92 Å². The molecule has 1 amide bonds. The van der Waals surface area contributed by atoms with Crippen molar-refractivity contribution < 1.29 is 9.72 Å². The van der Waals surface area contributed by atoms with Crippen LogP contribution in [0.2, 0.25) is 0 Å². The summed E-state index contributed by atoms with van der Waals surface area (Å²) < 4.78 is 0. The van der Waals surface area contributed by atoms with E-state index in [1.165, 1.54) is 6.07 Å². The van der Waals surface area contributed by atoms with Crippen LogP contribution in [0.25, 0.3) is 0 Å². The van der Waals surface area contributed by atoms with Gasteiger partial charge in [0.15, 0.2) is 0 Å². The van der Waals surface area contributed by atoms with Gasteiger partial charge in [-0.25, -0.2) is 0 Å². The Morgan fingerprint density at radius 1 is 1.45 bits per heavy atom. The van der Waals surface area contributed by atoms with Crippen LogP contribution in [0, 0.1) is 15.5 Å². The molecule has 1 fully saturated rings. The predicted octanol–water partition coefficient (Wildman–Crippen LogP) is 2.51. The molecule has 1 aliphatic heterocycles. The molecule has 20 heavy (non-hydrogen) atoms. The third-order valence-electron chi connectivity index (χ3n) is 3.68. The molecule has 0 aromatic heterocycles. The summed E-state index contributed by atoms with van der Waals surface area (Å²) >= 11 is 0. The smallest absolute Gasteiger partial charge is 0.293 e. The highest BCUT2D eigenvalue weighted by atomic mass is 16.6. The number of anilines is 1. The topological polar surface area (TPSA) is 75.5 Å². The number of hydrogen-bond acceptors (Lipinski definition) is 4. The Kier molecular flexibility index (Phi) is 3.65. The molecule has 1 heterocycles. The number of benzene rings is 1. The van der Waals surface area contributed by atoms with Crippen LogP contribution in [-0.4, -0.2) is 35.9 Å². The molecule has 0 bridgehead atoms. The lowest BCUT2D eigenvalue weighted by molar-refractivity contribution is -0.384. The van der Waals surface area contributed by atoms with Crippen LogP contribution in [-0.2, 0) is 0 Å². The Morgan fingerprint density at radius 2 is 2.15 bits per heavy atom. The number of carbonyl (C=O) groups excluding carboxylic acids is 1. The number of hydrogen-bond donors (Lipinski definition) is 1. The van der Waals surface area contributed by atoms with Gasteiger partial charge in [0.2, 0.25) is 0 Å². The Labute approximate surface area is 117 Å². The summed E-state index contributed by atoms with van der Waals surface area (Å²) in [5.74, 6) is -0.138. The van der Waals surface area contributed by atoms with Gasteiger partial charge in [-0.1, -0.05) is 13.8 Å². The van der Waals surface area contributed by atoms with Crippen LogP contribution in [0.1, 0.15) is 30.6 Å². The highest BCUT2D eigenvalue weighted by Gasteiger charge is 2.33. The first-order valence-corrected chi connectivity index (χ1v) is 6.59. The van der Waals surface area contributed by atoms with Crippen molar-refractivity contribution in [2.24, 2.45) is 5.41 Å². The fourth-order valence-corrected chi connectivity index (χ4v) is 2.50. The molecule has 0 unspecified atom stereocenters. The van der Waals surface area contributed by atoms with Gasteiger partial charge in [0.05, 0.1) is 4.92 Å². The Morgan fingerprint density at radius 3 is 2.65 bits per heavy atom. The predicted molar refractivity (Wildman–Crippen MR) is 76.9 cm³/mol. The third-order valence-corrected chi connectivity index (χ3v) is 3.68. The van der Waals surface area contributed by atoms with Crippen molar-refractivity contribution in [1.82, 2.24) is 4.90 Å². The zero-order valence-electron chi connectivity index (χ0n) is 12.0. The maximum Gasteiger partial charge on any atom is 0.293 e. The molecule has 2 rings (SSSR count). The van der Waals surface area contributed by atoms with Gasteiger partial charge in [0, 0.05) is 31.8 Å². The second-order valence-corrected chi connectivity index (χ2v) is 5.88. The molecule has 108 valence electrons. The number of likely N-dealkylation sites (tertiary alicyclic amines) is 1. The maximum atomic E-state index is 12.4. The fraction of sp³-hybridized carbons (Fsp3) is 0.500. The van der Waals surface area contributed by atoms with Crippen molar-refractivity contribution in [2.45, 2.75) is 20.3 Å². The number of rotatable bonds is 3. The van der Waals surface area contributed by atoms with Gasteiger partial charge in [-0.15, -0.1) is 0 Å². The number of nitrogens with zero attached hydrogens (tertiary/aromatic N) is 2. The van der Waals surface area contributed by atoms with Crippen LogP contribution in [0.3, 0.4) is 0 Å². The van der Waals surface area contributed by atoms with Gasteiger partial charge in [-0.2, -0.15) is 0 Å². The molecule has 1 aromatic carbocycles. The number of nitro benzene ring substituents is 1. The van der Waals surface area contributed by atoms with Crippen LogP contribution in [0.15, 0.2) is 18.2 Å². The molecule has 1 saturated heterocycles. The fourth-order valence-electron chi connectivity index (χ4n) is 2.50. The highest BCUT2D eigenvalue weighted by molar-refractivity contribution is 5.96. The van der Waals surface area contributed by atoms with E-state index in [2.05, 4.69) is 19.2 Å². The first-order chi connectivity index (χ1) is 9.34. The molecule has 1 aliphatic rings. The van der Waals surface area contributed by atoms with Gasteiger partial charge in [0.25, 0.3) is 11.6 Å². The Bertz CT molecular complexity index is 555. The SMILES string of the molecule is CNc1ccc(C(=O)N2CCC(C)(C)C2)cc1[N+](=O)[O-]. The van der Waals surface area contributed by atoms with E-state index in [0.29, 0.717) is 24.3 Å². The molecule has 1 aromatic rings. The van der Waals surface area contributed by atoms with E-state index in [9.17, 15) is 14.9 Å². The summed E-state index contributed by atoms with van der Waals surface area (Å²) in [6.07, 6.45) is 0.954. The van der Waals surface area contributed by atoms with Gasteiger partial charge in [0.1, 0.15) is 5.69 Å². The molecule has 0 spiro atoms. The van der Waals surface area contributed by atoms with E-state index in [4.69, 9.17) is 0 Å². The summed E-state index contributed by atoms with van der Waals surface area (Å²) in [5.41, 5.74) is 0.825. The average Bonchev–Trinajstić information content (AvgIpc) is 2.77. The molecule has 0 atom stereocenters. The second kappa shape index (κ2) is 5.11. The van der Waals surface area contributed by atoms with Gasteiger partial charge in [-0.3, -0.25) is 14.9 Å². The molecule has 0 aliphatic carbocycles. The maximum absolute atomic E-state index is 12.4. The zero-order valence-corrected chi connectivity index (χ0v) is 12.0. The van der Waals surface area contributed by atoms with E-state index in [-0.39, 0.29) is 17.0 Å². The van der Waals surface area contributed by atoms with Crippen molar-refractivity contribution in [2.75, 3.05) is 25.5 Å². The lowest BCUT2D eigenvalue weighted by Crippen LogP contribution is -2.30. The zero-order chi connectivity index (χ0) is 14.9. The standard InChI is InChI=1S/C14H19N3O3/c1-14(2)6-7-16(9-14)13(18)10-4-5-11(15-3)12(8-10)17(19)20/h4-5,8,15H,6-7,9H2,1-3H3. The molecule has 0 radical (unpaired) electrons. The first-order valence-electron chi connectivity index (χ1n) is 6.59. The Balaban J connectivity index is 2.27. The number of nitro groups is 1. The summed E-state index contributed by atoms with van der Waals surface area (Å²) in [4.78, 5) is 24.7. The Hall–Kier alpha value is -2.11. The first kappa shape index (κ1) is 14.3. The van der Waals surface area contributed by atoms with E-state index in [1.54, 1.807) is 24.1 Å². The number of carbonyl (C=O) groups is 1. The normalized spacial score (nSPS) is 17.1. The monoisotopic (exact) mass is 277 g/mol. The molecule has 0 saturated carbocycles. The molecule has 1 N–H and O–H groups in total. The minimum atomic E-state index is -0.476. The van der Waals surface area contributed by atoms with Gasteiger partial charge < -0.3 is 10.2 Å². The summed E-state index contributed by atoms with van der Waals surface area (Å²) in [5, 5.41) is 13.8. The van der Waals surface area contributed by atoms with Crippen molar-refractivity contribution in [3.8, 4) is 0 Å². The van der Waals surface area contributed by atoms with E-state index >= 15 is 0 Å². The van der Waals surface area contributed by atoms with Crippen molar-refractivity contribution >= 4 is 17.3 Å². The highest BCUT2D eigenvalue weighted by Crippen LogP contribution is 2.31. The van der Waals surface area contributed by atoms with Crippen LogP contribution in [0.4, 0.5) is 11.4 Å². The van der Waals surface area contributed by atoms with Crippen LogP contribution in [0.5, 0.6) is 0 Å². The average molecular weight is 277 g/mol. The van der Waals surface area contributed by atoms with Crippen molar-refractivity contribution in [1.29, 1.82) is 0 Å². The lowest BCUT2D eigenvalue weighted by atomic mass is 9.93. The second-order valence-electron chi connectivity index (χ2n) is 5.88. The lowest BCUT2D eigenvalue weighted by Gasteiger charge is -2.20. The number of nitrogens with one attached hydrogen (secondary N) is 1. The molecular weight excluding hydrogens is 258 g/mol. The molecule has 6 nitrogen and oxygen atoms in total. The van der Waals surface area contributed by atoms with E-state index in [0.717, 1.165) is 6.42 Å². The summed E-state index contributed by atoms with van der Waals surface area (Å²) in [6.45, 7) is 5.63. The number of amides is 1. The molecule has 6 heteroatoms. The minimum Gasteiger partial charge on any atom is -0.383 e. The molecular formula is C14H19N3O3. The summed E-state index contributed by atoms with van der Waals surface area (Å²) in [7, 11) is 1.62. The van der Waals surface area contributed by atoms with Crippen LogP contribution >= 0.6 is 0 Å². The third kappa shape index (κ3) is 2.74. The van der Waals surface area contributed by atoms with Gasteiger partial charge in [-0.05, 0) is 24.0 Å². The van der Waals surface area contributed by atoms with Crippen molar-refractivity contribution in [3.05, 3.63) is 33.9 Å². The largest absolute Gasteiger partial charge is 0.383 e. The van der Waals surface area contributed by atoms with Gasteiger partial charge >= 0.3 is 0 Å². The van der Waals surface area contributed by atoms with E-state index in [1.807, 2.05) is 0 Å². The summed E-state index contributed by atoms with van der Waals surface area (Å²) in [6, 6.07) is 4.55.